The quantitative estimate of drug-likeness (QED) is 0.626. The van der Waals surface area contributed by atoms with Crippen molar-refractivity contribution in [3.05, 3.63) is 59.2 Å². The number of hydrogen-bond acceptors (Lipinski definition) is 3. The second kappa shape index (κ2) is 9.55. The lowest BCUT2D eigenvalue weighted by atomic mass is 9.86. The molecule has 160 valence electrons. The van der Waals surface area contributed by atoms with E-state index in [2.05, 4.69) is 29.2 Å². The molecule has 0 aromatic heterocycles. The predicted molar refractivity (Wildman–Crippen MR) is 119 cm³/mol. The summed E-state index contributed by atoms with van der Waals surface area (Å²) in [5, 5.41) is 0. The summed E-state index contributed by atoms with van der Waals surface area (Å²) in [6.07, 6.45) is 9.52. The molecule has 0 spiro atoms. The Morgan fingerprint density at radius 1 is 0.900 bits per heavy atom. The molecule has 0 saturated heterocycles. The molecule has 2 aromatic rings. The van der Waals surface area contributed by atoms with Gasteiger partial charge in [-0.2, -0.15) is 0 Å². The number of fused-ring (bicyclic) bond motifs is 1. The zero-order chi connectivity index (χ0) is 20.9. The third kappa shape index (κ3) is 4.33. The molecule has 2 aliphatic carbocycles. The normalized spacial score (nSPS) is 16.9. The topological polar surface area (TPSA) is 38.8 Å². The highest BCUT2D eigenvalue weighted by Crippen LogP contribution is 2.34. The van der Waals surface area contributed by atoms with Gasteiger partial charge in [-0.1, -0.05) is 62.4 Å². The fraction of sp³-hybridized carbons (Fsp3) is 0.500. The number of amides is 1. The maximum atomic E-state index is 13.9. The van der Waals surface area contributed by atoms with Gasteiger partial charge < -0.3 is 14.4 Å². The van der Waals surface area contributed by atoms with Crippen molar-refractivity contribution in [1.82, 2.24) is 4.90 Å². The molecule has 30 heavy (non-hydrogen) atoms. The summed E-state index contributed by atoms with van der Waals surface area (Å²) < 4.78 is 11.1. The van der Waals surface area contributed by atoms with E-state index in [1.54, 1.807) is 14.2 Å². The van der Waals surface area contributed by atoms with Gasteiger partial charge in [0.1, 0.15) is 17.1 Å². The SMILES string of the molecule is COc1cccc(OC)c1C(=O)N(CCC1CCCCC1)C1Cc2ccccc2C1. The molecule has 2 aromatic carbocycles. The van der Waals surface area contributed by atoms with Gasteiger partial charge in [-0.3, -0.25) is 4.79 Å². The molecule has 1 fully saturated rings. The monoisotopic (exact) mass is 407 g/mol. The predicted octanol–water partition coefficient (Wildman–Crippen LogP) is 5.28. The molecule has 0 atom stereocenters. The molecule has 0 aliphatic heterocycles. The molecule has 1 saturated carbocycles. The van der Waals surface area contributed by atoms with Crippen molar-refractivity contribution in [1.29, 1.82) is 0 Å². The number of carbonyl (C=O) groups is 1. The van der Waals surface area contributed by atoms with E-state index in [1.807, 2.05) is 18.2 Å². The van der Waals surface area contributed by atoms with Gasteiger partial charge in [-0.15, -0.1) is 0 Å². The van der Waals surface area contributed by atoms with Gasteiger partial charge in [0, 0.05) is 12.6 Å². The molecule has 4 rings (SSSR count). The van der Waals surface area contributed by atoms with Crippen LogP contribution in [0.15, 0.2) is 42.5 Å². The van der Waals surface area contributed by atoms with E-state index in [-0.39, 0.29) is 11.9 Å². The lowest BCUT2D eigenvalue weighted by molar-refractivity contribution is 0.0660. The minimum absolute atomic E-state index is 0.0258. The maximum Gasteiger partial charge on any atom is 0.261 e. The van der Waals surface area contributed by atoms with Crippen molar-refractivity contribution < 1.29 is 14.3 Å². The first-order valence-corrected chi connectivity index (χ1v) is 11.3. The second-order valence-corrected chi connectivity index (χ2v) is 8.66. The minimum atomic E-state index is 0.0258. The van der Waals surface area contributed by atoms with Gasteiger partial charge >= 0.3 is 0 Å². The number of rotatable bonds is 7. The number of benzene rings is 2. The van der Waals surface area contributed by atoms with Crippen LogP contribution in [0.3, 0.4) is 0 Å². The van der Waals surface area contributed by atoms with E-state index in [9.17, 15) is 4.79 Å². The van der Waals surface area contributed by atoms with E-state index in [1.165, 1.54) is 43.2 Å². The Labute approximate surface area is 180 Å². The van der Waals surface area contributed by atoms with Crippen molar-refractivity contribution in [3.63, 3.8) is 0 Å². The number of methoxy groups -OCH3 is 2. The van der Waals surface area contributed by atoms with Crippen LogP contribution in [0.5, 0.6) is 11.5 Å². The van der Waals surface area contributed by atoms with E-state index >= 15 is 0 Å². The lowest BCUT2D eigenvalue weighted by Crippen LogP contribution is -2.42. The molecule has 2 aliphatic rings. The zero-order valence-electron chi connectivity index (χ0n) is 18.2. The van der Waals surface area contributed by atoms with Crippen LogP contribution in [0.4, 0.5) is 0 Å². The van der Waals surface area contributed by atoms with E-state index in [4.69, 9.17) is 9.47 Å². The van der Waals surface area contributed by atoms with E-state index in [0.717, 1.165) is 31.7 Å². The van der Waals surface area contributed by atoms with Crippen molar-refractivity contribution in [3.8, 4) is 11.5 Å². The highest BCUT2D eigenvalue weighted by atomic mass is 16.5. The molecular formula is C26H33NO3. The summed E-state index contributed by atoms with van der Waals surface area (Å²) >= 11 is 0. The average Bonchev–Trinajstić information content (AvgIpc) is 3.23. The average molecular weight is 408 g/mol. The standard InChI is InChI=1S/C26H33NO3/c1-29-23-13-8-14-24(30-2)25(23)26(28)27(16-15-19-9-4-3-5-10-19)22-17-20-11-6-7-12-21(20)18-22/h6-8,11-14,19,22H,3-5,9-10,15-18H2,1-2H3. The molecule has 0 radical (unpaired) electrons. The van der Waals surface area contributed by atoms with Crippen LogP contribution < -0.4 is 9.47 Å². The highest BCUT2D eigenvalue weighted by molar-refractivity contribution is 6.00. The van der Waals surface area contributed by atoms with Crippen molar-refractivity contribution in [2.75, 3.05) is 20.8 Å². The van der Waals surface area contributed by atoms with E-state index in [0.29, 0.717) is 17.1 Å². The lowest BCUT2D eigenvalue weighted by Gasteiger charge is -2.32. The highest BCUT2D eigenvalue weighted by Gasteiger charge is 2.33. The summed E-state index contributed by atoms with van der Waals surface area (Å²) in [5.74, 6) is 1.92. The molecular weight excluding hydrogens is 374 g/mol. The molecule has 0 unspecified atom stereocenters. The number of ether oxygens (including phenoxy) is 2. The van der Waals surface area contributed by atoms with Gasteiger partial charge in [0.25, 0.3) is 5.91 Å². The smallest absolute Gasteiger partial charge is 0.261 e. The summed E-state index contributed by atoms with van der Waals surface area (Å²) in [7, 11) is 3.23. The second-order valence-electron chi connectivity index (χ2n) is 8.66. The fourth-order valence-electron chi connectivity index (χ4n) is 5.21. The largest absolute Gasteiger partial charge is 0.496 e. The maximum absolute atomic E-state index is 13.9. The Morgan fingerprint density at radius 3 is 2.07 bits per heavy atom. The Hall–Kier alpha value is -2.49. The Bertz CT molecular complexity index is 825. The van der Waals surface area contributed by atoms with Crippen LogP contribution >= 0.6 is 0 Å². The minimum Gasteiger partial charge on any atom is -0.496 e. The Kier molecular flexibility index (Phi) is 6.61. The molecule has 0 heterocycles. The van der Waals surface area contributed by atoms with Gasteiger partial charge in [0.05, 0.1) is 14.2 Å². The van der Waals surface area contributed by atoms with Crippen molar-refractivity contribution in [2.24, 2.45) is 5.92 Å². The van der Waals surface area contributed by atoms with Crippen LogP contribution in [0.25, 0.3) is 0 Å². The van der Waals surface area contributed by atoms with Crippen LogP contribution in [0.2, 0.25) is 0 Å². The van der Waals surface area contributed by atoms with Gasteiger partial charge in [-0.05, 0) is 48.4 Å². The number of hydrogen-bond donors (Lipinski definition) is 0. The first-order chi connectivity index (χ1) is 14.7. The van der Waals surface area contributed by atoms with Gasteiger partial charge in [-0.25, -0.2) is 0 Å². The molecule has 4 heteroatoms. The molecule has 4 nitrogen and oxygen atoms in total. The van der Waals surface area contributed by atoms with Crippen LogP contribution in [0, 0.1) is 5.92 Å². The molecule has 0 bridgehead atoms. The van der Waals surface area contributed by atoms with Gasteiger partial charge in [0.15, 0.2) is 0 Å². The van der Waals surface area contributed by atoms with E-state index < -0.39 is 0 Å². The summed E-state index contributed by atoms with van der Waals surface area (Å²) in [6.45, 7) is 0.795. The Balaban J connectivity index is 1.61. The summed E-state index contributed by atoms with van der Waals surface area (Å²) in [6, 6.07) is 14.3. The van der Waals surface area contributed by atoms with Crippen LogP contribution in [0.1, 0.15) is 60.0 Å². The zero-order valence-corrected chi connectivity index (χ0v) is 18.2. The fourth-order valence-corrected chi connectivity index (χ4v) is 5.21. The first kappa shape index (κ1) is 20.8. The van der Waals surface area contributed by atoms with Crippen molar-refractivity contribution in [2.45, 2.75) is 57.4 Å². The number of nitrogens with zero attached hydrogens (tertiary/aromatic N) is 1. The Morgan fingerprint density at radius 2 is 1.50 bits per heavy atom. The third-order valence-corrected chi connectivity index (χ3v) is 6.88. The first-order valence-electron chi connectivity index (χ1n) is 11.3. The molecule has 0 N–H and O–H groups in total. The summed E-state index contributed by atoms with van der Waals surface area (Å²) in [5.41, 5.74) is 3.28. The summed E-state index contributed by atoms with van der Waals surface area (Å²) in [4.78, 5) is 16.0. The molecule has 1 amide bonds. The third-order valence-electron chi connectivity index (χ3n) is 6.88. The number of carbonyl (C=O) groups excluding carboxylic acids is 1. The van der Waals surface area contributed by atoms with Crippen LogP contribution in [-0.2, 0) is 12.8 Å². The van der Waals surface area contributed by atoms with Gasteiger partial charge in [0.2, 0.25) is 0 Å². The van der Waals surface area contributed by atoms with Crippen molar-refractivity contribution >= 4 is 5.91 Å². The van der Waals surface area contributed by atoms with Crippen LogP contribution in [-0.4, -0.2) is 37.6 Å².